The van der Waals surface area contributed by atoms with Crippen LogP contribution in [-0.4, -0.2) is 60.5 Å². The van der Waals surface area contributed by atoms with Crippen LogP contribution in [0, 0.1) is 0 Å². The second kappa shape index (κ2) is 25.4. The second-order valence-electron chi connectivity index (χ2n) is 15.3. The summed E-state index contributed by atoms with van der Waals surface area (Å²) in [5, 5.41) is 26.5. The summed E-state index contributed by atoms with van der Waals surface area (Å²) in [5.74, 6) is -3.49. The fourth-order valence-corrected chi connectivity index (χ4v) is 7.31. The highest BCUT2D eigenvalue weighted by Crippen LogP contribution is 2.34. The standard InChI is InChI=1S/C49H47Cl5N8O8/c1-7-69-42-20-29(25(3)51)9-16-40(42)57-46(65)35-22-33(11-14-37(35)53)59-61-44(27(5)63)48(67)55-32-13-18-39(31(19-32)24-50)56-49(68)45(28(6)64)62-60-34-12-15-38(54)36(23-34)47(66)58-41-17-10-30(26(4)52)21-43(41)70-8-2/h9-23,25-26,44-45H,7-8,24H2,1-6H3,(H,55,67)(H,56,68)(H,57,65)(H,58,66). The first kappa shape index (κ1) is 54.5. The average Bonchev–Trinajstić information content (AvgIpc) is 3.31. The summed E-state index contributed by atoms with van der Waals surface area (Å²) in [4.78, 5) is 79.0. The molecule has 0 saturated heterocycles. The van der Waals surface area contributed by atoms with E-state index < -0.39 is 47.3 Å². The van der Waals surface area contributed by atoms with Gasteiger partial charge in [0.1, 0.15) is 11.5 Å². The van der Waals surface area contributed by atoms with Gasteiger partial charge in [0, 0.05) is 17.3 Å². The van der Waals surface area contributed by atoms with E-state index in [1.54, 1.807) is 50.2 Å². The summed E-state index contributed by atoms with van der Waals surface area (Å²) in [7, 11) is 0. The van der Waals surface area contributed by atoms with Crippen molar-refractivity contribution in [2.24, 2.45) is 20.5 Å². The first-order chi connectivity index (χ1) is 33.3. The number of ether oxygens (including phenoxy) is 2. The first-order valence-electron chi connectivity index (χ1n) is 21.5. The SMILES string of the molecule is CCOc1cc(C(C)Cl)ccc1NC(=O)c1cc(N=NC(C(C)=O)C(=O)Nc2ccc(NC(=O)C(N=Nc3ccc(Cl)c(C(=O)Nc4ccc(C(C)Cl)cc4OCC)c3)C(C)=O)c(CCl)c2)ccc1Cl. The third kappa shape index (κ3) is 14.6. The molecule has 0 heterocycles. The molecule has 16 nitrogen and oxygen atoms in total. The number of nitrogens with zero attached hydrogens (tertiary/aromatic N) is 4. The topological polar surface area (TPSA) is 218 Å². The molecule has 0 aliphatic carbocycles. The van der Waals surface area contributed by atoms with Crippen LogP contribution in [-0.2, 0) is 25.1 Å². The maximum absolute atomic E-state index is 13.5. The van der Waals surface area contributed by atoms with Gasteiger partial charge in [-0.05, 0) is 137 Å². The molecule has 5 rings (SSSR count). The Balaban J connectivity index is 1.26. The number of amides is 4. The zero-order chi connectivity index (χ0) is 51.2. The summed E-state index contributed by atoms with van der Waals surface area (Å²) < 4.78 is 11.4. The van der Waals surface area contributed by atoms with Crippen LogP contribution in [0.15, 0.2) is 111 Å². The molecule has 0 bridgehead atoms. The van der Waals surface area contributed by atoms with Gasteiger partial charge in [-0.3, -0.25) is 28.8 Å². The Morgan fingerprint density at radius 2 is 0.986 bits per heavy atom. The lowest BCUT2D eigenvalue weighted by atomic mass is 10.1. The number of halogens is 5. The molecule has 0 aliphatic rings. The van der Waals surface area contributed by atoms with E-state index >= 15 is 0 Å². The normalized spacial score (nSPS) is 13.0. The van der Waals surface area contributed by atoms with Crippen LogP contribution in [0.2, 0.25) is 10.0 Å². The number of hydrogen-bond donors (Lipinski definition) is 4. The molecule has 4 amide bonds. The molecule has 4 N–H and O–H groups in total. The van der Waals surface area contributed by atoms with Gasteiger partial charge in [0.2, 0.25) is 12.1 Å². The molecule has 0 aromatic heterocycles. The molecular formula is C49H47Cl5N8O8. The quantitative estimate of drug-likeness (QED) is 0.0314. The minimum atomic E-state index is -1.62. The summed E-state index contributed by atoms with van der Waals surface area (Å²) in [6, 6.07) is 19.8. The lowest BCUT2D eigenvalue weighted by Crippen LogP contribution is -2.32. The van der Waals surface area contributed by atoms with Crippen molar-refractivity contribution < 1.29 is 38.2 Å². The lowest BCUT2D eigenvalue weighted by Gasteiger charge is -2.15. The van der Waals surface area contributed by atoms with Gasteiger partial charge in [0.25, 0.3) is 23.6 Å². The van der Waals surface area contributed by atoms with E-state index in [0.717, 1.165) is 25.0 Å². The number of benzene rings is 5. The minimum absolute atomic E-state index is 0.0333. The molecule has 21 heteroatoms. The van der Waals surface area contributed by atoms with Gasteiger partial charge in [-0.1, -0.05) is 35.3 Å². The fraction of sp³-hybridized carbons (Fsp3) is 0.265. The number of nitrogens with one attached hydrogen (secondary N) is 4. The van der Waals surface area contributed by atoms with Gasteiger partial charge < -0.3 is 30.7 Å². The van der Waals surface area contributed by atoms with E-state index in [0.29, 0.717) is 41.7 Å². The number of anilines is 4. The van der Waals surface area contributed by atoms with E-state index in [2.05, 4.69) is 41.7 Å². The van der Waals surface area contributed by atoms with Crippen LogP contribution in [0.3, 0.4) is 0 Å². The molecule has 70 heavy (non-hydrogen) atoms. The predicted octanol–water partition coefficient (Wildman–Crippen LogP) is 13.0. The Labute approximate surface area is 428 Å². The lowest BCUT2D eigenvalue weighted by molar-refractivity contribution is -0.127. The van der Waals surface area contributed by atoms with Crippen molar-refractivity contribution in [2.75, 3.05) is 34.5 Å². The molecule has 0 spiro atoms. The molecule has 4 atom stereocenters. The van der Waals surface area contributed by atoms with E-state index in [4.69, 9.17) is 67.5 Å². The van der Waals surface area contributed by atoms with Crippen LogP contribution in [0.5, 0.6) is 11.5 Å². The molecule has 366 valence electrons. The van der Waals surface area contributed by atoms with Crippen LogP contribution in [0.1, 0.15) is 89.7 Å². The van der Waals surface area contributed by atoms with Crippen molar-refractivity contribution in [2.45, 2.75) is 70.3 Å². The van der Waals surface area contributed by atoms with Gasteiger partial charge in [0.15, 0.2) is 11.6 Å². The predicted molar refractivity (Wildman–Crippen MR) is 274 cm³/mol. The average molecular weight is 1050 g/mol. The van der Waals surface area contributed by atoms with Crippen molar-refractivity contribution in [1.29, 1.82) is 0 Å². The maximum atomic E-state index is 13.5. The molecule has 5 aromatic carbocycles. The van der Waals surface area contributed by atoms with Gasteiger partial charge in [-0.2, -0.15) is 20.5 Å². The van der Waals surface area contributed by atoms with Crippen LogP contribution in [0.25, 0.3) is 0 Å². The monoisotopic (exact) mass is 1050 g/mol. The number of rotatable bonds is 21. The zero-order valence-electron chi connectivity index (χ0n) is 38.5. The highest BCUT2D eigenvalue weighted by molar-refractivity contribution is 6.35. The van der Waals surface area contributed by atoms with E-state index in [1.807, 2.05) is 13.8 Å². The van der Waals surface area contributed by atoms with Crippen LogP contribution in [0.4, 0.5) is 34.1 Å². The minimum Gasteiger partial charge on any atom is -0.492 e. The molecule has 0 fully saturated rings. The van der Waals surface area contributed by atoms with Gasteiger partial charge in [-0.15, -0.1) is 34.8 Å². The van der Waals surface area contributed by atoms with Crippen molar-refractivity contribution in [3.8, 4) is 11.5 Å². The zero-order valence-corrected chi connectivity index (χ0v) is 42.3. The van der Waals surface area contributed by atoms with E-state index in [9.17, 15) is 28.8 Å². The molecule has 5 aromatic rings. The highest BCUT2D eigenvalue weighted by Gasteiger charge is 2.26. The summed E-state index contributed by atoms with van der Waals surface area (Å²) in [5.41, 5.74) is 3.36. The van der Waals surface area contributed by atoms with Gasteiger partial charge in [0.05, 0.1) is 67.9 Å². The third-order valence-corrected chi connectivity index (χ3v) is 11.5. The number of carbonyl (C=O) groups is 6. The number of ketones is 2. The molecule has 4 unspecified atom stereocenters. The van der Waals surface area contributed by atoms with Crippen molar-refractivity contribution >= 4 is 127 Å². The van der Waals surface area contributed by atoms with Gasteiger partial charge in [-0.25, -0.2) is 0 Å². The number of hydrogen-bond acceptors (Lipinski definition) is 12. The second-order valence-corrected chi connectivity index (χ2v) is 17.7. The summed E-state index contributed by atoms with van der Waals surface area (Å²) >= 11 is 31.5. The van der Waals surface area contributed by atoms with E-state index in [1.165, 1.54) is 54.6 Å². The van der Waals surface area contributed by atoms with Gasteiger partial charge >= 0.3 is 0 Å². The third-order valence-electron chi connectivity index (χ3n) is 10.0. The Morgan fingerprint density at radius 1 is 0.557 bits per heavy atom. The molecular weight excluding hydrogens is 1010 g/mol. The van der Waals surface area contributed by atoms with Crippen LogP contribution < -0.4 is 30.7 Å². The Kier molecular flexibility index (Phi) is 19.8. The number of azo groups is 2. The fourth-order valence-electron chi connectivity index (χ4n) is 6.41. The number of carbonyl (C=O) groups excluding carboxylic acids is 6. The summed E-state index contributed by atoms with van der Waals surface area (Å²) in [6.07, 6.45) is 0. The highest BCUT2D eigenvalue weighted by atomic mass is 35.5. The Morgan fingerprint density at radius 3 is 1.39 bits per heavy atom. The van der Waals surface area contributed by atoms with Crippen LogP contribution >= 0.6 is 58.0 Å². The van der Waals surface area contributed by atoms with Crippen molar-refractivity contribution in [1.82, 2.24) is 0 Å². The number of alkyl halides is 3. The Hall–Kier alpha value is -6.43. The summed E-state index contributed by atoms with van der Waals surface area (Å²) in [6.45, 7) is 10.2. The van der Waals surface area contributed by atoms with Crippen molar-refractivity contribution in [3.63, 3.8) is 0 Å². The Bertz CT molecular complexity index is 2860. The first-order valence-corrected chi connectivity index (χ1v) is 23.7. The molecule has 0 aliphatic heterocycles. The molecule has 0 radical (unpaired) electrons. The smallest absolute Gasteiger partial charge is 0.258 e. The largest absolute Gasteiger partial charge is 0.492 e. The van der Waals surface area contributed by atoms with E-state index in [-0.39, 0.29) is 60.6 Å². The number of Topliss-reactive ketones (excluding diaryl/α,β-unsaturated/α-hetero) is 2. The maximum Gasteiger partial charge on any atom is 0.258 e. The van der Waals surface area contributed by atoms with Crippen molar-refractivity contribution in [3.05, 3.63) is 129 Å². The molecule has 0 saturated carbocycles.